The summed E-state index contributed by atoms with van der Waals surface area (Å²) in [4.78, 5) is 0. The van der Waals surface area contributed by atoms with Gasteiger partial charge in [0, 0.05) is 0 Å². The molecule has 0 nitrogen and oxygen atoms in total. The summed E-state index contributed by atoms with van der Waals surface area (Å²) in [7, 11) is 0.0986. The Morgan fingerprint density at radius 2 is 1.20 bits per heavy atom. The molecule has 1 rings (SSSR count). The van der Waals surface area contributed by atoms with Crippen molar-refractivity contribution in [3.8, 4) is 0 Å². The molecule has 0 aromatic heterocycles. The van der Waals surface area contributed by atoms with Crippen molar-refractivity contribution >= 4 is 13.2 Å². The average Bonchev–Trinajstić information content (AvgIpc) is 2.47. The molecule has 0 atom stereocenters. The van der Waals surface area contributed by atoms with E-state index in [0.717, 1.165) is 0 Å². The van der Waals surface area contributed by atoms with Crippen LogP contribution in [0.2, 0.25) is 0 Å². The van der Waals surface area contributed by atoms with Gasteiger partial charge in [0.2, 0.25) is 0 Å². The fourth-order valence-corrected chi connectivity index (χ4v) is 5.11. The summed E-state index contributed by atoms with van der Waals surface area (Å²) in [5.41, 5.74) is 1.39. The molecular weight excluding hydrogens is 259 g/mol. The summed E-state index contributed by atoms with van der Waals surface area (Å²) in [6.07, 6.45) is 14.1. The van der Waals surface area contributed by atoms with Gasteiger partial charge in [-0.2, -0.15) is 0 Å². The molecule has 0 unspecified atom stereocenters. The summed E-state index contributed by atoms with van der Waals surface area (Å²) in [6.45, 7) is 6.79. The number of benzene rings is 1. The van der Waals surface area contributed by atoms with Crippen LogP contribution in [0.3, 0.4) is 0 Å². The molecular formula is C19H33P. The highest BCUT2D eigenvalue weighted by molar-refractivity contribution is 7.65. The van der Waals surface area contributed by atoms with Crippen molar-refractivity contribution in [2.24, 2.45) is 0 Å². The van der Waals surface area contributed by atoms with Crippen LogP contribution in [-0.4, -0.2) is 12.3 Å². The maximum absolute atomic E-state index is 2.39. The summed E-state index contributed by atoms with van der Waals surface area (Å²) in [5.74, 6) is 0. The minimum absolute atomic E-state index is 0.0986. The van der Waals surface area contributed by atoms with Crippen LogP contribution in [0.1, 0.15) is 70.8 Å². The largest absolute Gasteiger partial charge is 0.0753 e. The first-order chi connectivity index (χ1) is 9.77. The minimum Gasteiger partial charge on any atom is -0.0753 e. The molecule has 0 saturated carbocycles. The highest BCUT2D eigenvalue weighted by Gasteiger charge is 2.10. The van der Waals surface area contributed by atoms with Gasteiger partial charge in [0.05, 0.1) is 0 Å². The molecule has 0 fully saturated rings. The van der Waals surface area contributed by atoms with Crippen LogP contribution in [0.15, 0.2) is 24.3 Å². The number of unbranched alkanes of at least 4 members (excludes halogenated alkanes) is 6. The molecule has 1 aromatic carbocycles. The second kappa shape index (κ2) is 11.3. The normalized spacial score (nSPS) is 11.2. The molecule has 114 valence electrons. The first-order valence-electron chi connectivity index (χ1n) is 8.59. The fraction of sp³-hybridized carbons (Fsp3) is 0.684. The van der Waals surface area contributed by atoms with E-state index in [1.54, 1.807) is 5.30 Å². The lowest BCUT2D eigenvalue weighted by Gasteiger charge is -2.18. The molecule has 0 radical (unpaired) electrons. The lowest BCUT2D eigenvalue weighted by molar-refractivity contribution is 0.697. The number of hydrogen-bond donors (Lipinski definition) is 0. The zero-order chi connectivity index (χ0) is 14.6. The summed E-state index contributed by atoms with van der Waals surface area (Å²) in [6, 6.07) is 9.37. The van der Waals surface area contributed by atoms with E-state index in [1.807, 2.05) is 0 Å². The van der Waals surface area contributed by atoms with Gasteiger partial charge >= 0.3 is 0 Å². The lowest BCUT2D eigenvalue weighted by Crippen LogP contribution is -2.06. The van der Waals surface area contributed by atoms with Gasteiger partial charge < -0.3 is 0 Å². The Bertz CT molecular complexity index is 316. The molecule has 0 N–H and O–H groups in total. The molecule has 1 heteroatoms. The van der Waals surface area contributed by atoms with Crippen LogP contribution in [0.5, 0.6) is 0 Å². The van der Waals surface area contributed by atoms with E-state index >= 15 is 0 Å². The van der Waals surface area contributed by atoms with Gasteiger partial charge in [0.15, 0.2) is 0 Å². The second-order valence-corrected chi connectivity index (χ2v) is 8.43. The van der Waals surface area contributed by atoms with Crippen LogP contribution in [0.4, 0.5) is 0 Å². The van der Waals surface area contributed by atoms with Gasteiger partial charge in [-0.05, 0) is 37.4 Å². The molecule has 0 amide bonds. The smallest absolute Gasteiger partial charge is 0.0240 e. The Morgan fingerprint density at radius 3 is 1.65 bits per heavy atom. The zero-order valence-electron chi connectivity index (χ0n) is 13.8. The van der Waals surface area contributed by atoms with Crippen molar-refractivity contribution in [1.82, 2.24) is 0 Å². The molecule has 0 heterocycles. The minimum atomic E-state index is 0.0986. The van der Waals surface area contributed by atoms with Crippen LogP contribution in [-0.2, 0) is 0 Å². The van der Waals surface area contributed by atoms with Crippen LogP contribution >= 0.6 is 7.92 Å². The van der Waals surface area contributed by atoms with E-state index < -0.39 is 0 Å². The van der Waals surface area contributed by atoms with Gasteiger partial charge in [-0.25, -0.2) is 0 Å². The van der Waals surface area contributed by atoms with Crippen LogP contribution in [0, 0.1) is 6.92 Å². The van der Waals surface area contributed by atoms with Crippen LogP contribution in [0.25, 0.3) is 0 Å². The van der Waals surface area contributed by atoms with Gasteiger partial charge in [-0.3, -0.25) is 0 Å². The van der Waals surface area contributed by atoms with E-state index in [-0.39, 0.29) is 7.92 Å². The van der Waals surface area contributed by atoms with E-state index in [0.29, 0.717) is 0 Å². The number of hydrogen-bond acceptors (Lipinski definition) is 0. The van der Waals surface area contributed by atoms with Gasteiger partial charge in [-0.1, -0.05) is 90.1 Å². The third-order valence-corrected chi connectivity index (χ3v) is 6.70. The van der Waals surface area contributed by atoms with Crippen LogP contribution < -0.4 is 5.30 Å². The van der Waals surface area contributed by atoms with Crippen molar-refractivity contribution in [2.45, 2.75) is 72.1 Å². The lowest BCUT2D eigenvalue weighted by atomic mass is 10.2. The Morgan fingerprint density at radius 1 is 0.700 bits per heavy atom. The Balaban J connectivity index is 2.47. The molecule has 20 heavy (non-hydrogen) atoms. The summed E-state index contributed by atoms with van der Waals surface area (Å²) < 4.78 is 0. The molecule has 0 spiro atoms. The van der Waals surface area contributed by atoms with Crippen molar-refractivity contribution in [1.29, 1.82) is 0 Å². The van der Waals surface area contributed by atoms with Gasteiger partial charge in [0.25, 0.3) is 0 Å². The van der Waals surface area contributed by atoms with Crippen molar-refractivity contribution in [2.75, 3.05) is 12.3 Å². The monoisotopic (exact) mass is 292 g/mol. The second-order valence-electron chi connectivity index (χ2n) is 5.94. The van der Waals surface area contributed by atoms with E-state index in [1.165, 1.54) is 69.3 Å². The van der Waals surface area contributed by atoms with E-state index in [9.17, 15) is 0 Å². The summed E-state index contributed by atoms with van der Waals surface area (Å²) in [5, 5.41) is 1.64. The Labute approximate surface area is 128 Å². The molecule has 0 bridgehead atoms. The van der Waals surface area contributed by atoms with Crippen molar-refractivity contribution in [3.05, 3.63) is 29.8 Å². The van der Waals surface area contributed by atoms with E-state index in [4.69, 9.17) is 0 Å². The highest BCUT2D eigenvalue weighted by atomic mass is 31.1. The Kier molecular flexibility index (Phi) is 10.0. The van der Waals surface area contributed by atoms with Crippen molar-refractivity contribution < 1.29 is 0 Å². The van der Waals surface area contributed by atoms with E-state index in [2.05, 4.69) is 45.0 Å². The maximum atomic E-state index is 2.39. The third-order valence-electron chi connectivity index (χ3n) is 3.96. The molecule has 0 aliphatic carbocycles. The average molecular weight is 292 g/mol. The number of aryl methyl sites for hydroxylation is 1. The van der Waals surface area contributed by atoms with Crippen molar-refractivity contribution in [3.63, 3.8) is 0 Å². The highest BCUT2D eigenvalue weighted by Crippen LogP contribution is 2.37. The topological polar surface area (TPSA) is 0 Å². The standard InChI is InChI=1S/C19H33P/c1-4-6-8-10-16-20(17-11-9-7-5-2)19-14-12-18(3)13-15-19/h12-15H,4-11,16-17H2,1-3H3. The first-order valence-corrected chi connectivity index (χ1v) is 10.3. The number of rotatable bonds is 11. The Hall–Kier alpha value is -0.350. The fourth-order valence-electron chi connectivity index (χ4n) is 2.58. The van der Waals surface area contributed by atoms with Gasteiger partial charge in [0.1, 0.15) is 0 Å². The quantitative estimate of drug-likeness (QED) is 0.333. The molecule has 0 saturated heterocycles. The maximum Gasteiger partial charge on any atom is -0.0240 e. The molecule has 0 aliphatic rings. The summed E-state index contributed by atoms with van der Waals surface area (Å²) >= 11 is 0. The molecule has 1 aromatic rings. The third kappa shape index (κ3) is 7.44. The first kappa shape index (κ1) is 17.7. The SMILES string of the molecule is CCCCCCP(CCCCCC)c1ccc(C)cc1. The predicted octanol–water partition coefficient (Wildman–Crippen LogP) is 6.26. The zero-order valence-corrected chi connectivity index (χ0v) is 14.7. The molecule has 0 aliphatic heterocycles. The van der Waals surface area contributed by atoms with Gasteiger partial charge in [-0.15, -0.1) is 0 Å². The predicted molar refractivity (Wildman–Crippen MR) is 95.8 cm³/mol.